The topological polar surface area (TPSA) is 46.0 Å². The van der Waals surface area contributed by atoms with Crippen LogP contribution in [-0.4, -0.2) is 14.7 Å². The van der Waals surface area contributed by atoms with Gasteiger partial charge >= 0.3 is 0 Å². The molecule has 0 amide bonds. The largest absolute Gasteiger partial charge is 0.387 e. The molecular weight excluding hydrogens is 312 g/mol. The summed E-state index contributed by atoms with van der Waals surface area (Å²) in [4.78, 5) is 0.876. The van der Waals surface area contributed by atoms with E-state index in [2.05, 4.69) is 39.4 Å². The van der Waals surface area contributed by atoms with Gasteiger partial charge in [-0.25, -0.2) is 0 Å². The molecule has 1 aromatic heterocycles. The highest BCUT2D eigenvalue weighted by atomic mass is 79.9. The van der Waals surface area contributed by atoms with Gasteiger partial charge in [0.1, 0.15) is 0 Å². The molecular formula is C13H15BrN2OS. The van der Waals surface area contributed by atoms with Crippen LogP contribution in [0.25, 0.3) is 0 Å². The second kappa shape index (κ2) is 5.91. The van der Waals surface area contributed by atoms with Crippen LogP contribution < -0.4 is 0 Å². The van der Waals surface area contributed by atoms with E-state index in [1.807, 2.05) is 24.3 Å². The average Bonchev–Trinajstić information content (AvgIpc) is 2.81. The highest BCUT2D eigenvalue weighted by Crippen LogP contribution is 2.30. The maximum Gasteiger partial charge on any atom is 0.0957 e. The van der Waals surface area contributed by atoms with Gasteiger partial charge in [0, 0.05) is 10.9 Å². The summed E-state index contributed by atoms with van der Waals surface area (Å²) in [6.07, 6.45) is 0.0338. The Kier molecular flexibility index (Phi) is 4.48. The number of aliphatic hydroxyl groups excluding tert-OH is 1. The molecule has 0 bridgehead atoms. The lowest BCUT2D eigenvalue weighted by atomic mass is 10.0. The lowest BCUT2D eigenvalue weighted by molar-refractivity contribution is 0.180. The van der Waals surface area contributed by atoms with E-state index in [9.17, 15) is 5.11 Å². The number of halogens is 1. The van der Waals surface area contributed by atoms with Crippen LogP contribution in [0.4, 0.5) is 0 Å². The third kappa shape index (κ3) is 2.96. The third-order valence-electron chi connectivity index (χ3n) is 2.76. The number of benzene rings is 1. The van der Waals surface area contributed by atoms with Gasteiger partial charge in [-0.2, -0.15) is 0 Å². The summed E-state index contributed by atoms with van der Waals surface area (Å²) in [5.74, 6) is 0.285. The zero-order chi connectivity index (χ0) is 13.1. The Morgan fingerprint density at radius 1 is 1.33 bits per heavy atom. The number of hydrogen-bond donors (Lipinski definition) is 1. The standard InChI is InChI=1S/C13H15BrN2OS/c1-8(2)12-13(18-16-15-12)11(17)7-9-5-3-4-6-10(9)14/h3-6,8,11,17H,7H2,1-2H3. The molecule has 0 aliphatic heterocycles. The van der Waals surface area contributed by atoms with E-state index in [4.69, 9.17) is 0 Å². The highest BCUT2D eigenvalue weighted by Gasteiger charge is 2.20. The van der Waals surface area contributed by atoms with Crippen molar-refractivity contribution in [3.05, 3.63) is 44.9 Å². The van der Waals surface area contributed by atoms with Gasteiger partial charge in [-0.05, 0) is 29.1 Å². The van der Waals surface area contributed by atoms with Crippen LogP contribution in [0.1, 0.15) is 42.0 Å². The Morgan fingerprint density at radius 2 is 2.06 bits per heavy atom. The third-order valence-corrected chi connectivity index (χ3v) is 4.38. The molecule has 2 rings (SSSR count). The van der Waals surface area contributed by atoms with Crippen molar-refractivity contribution in [1.82, 2.24) is 9.59 Å². The smallest absolute Gasteiger partial charge is 0.0957 e. The molecule has 0 aliphatic carbocycles. The van der Waals surface area contributed by atoms with E-state index < -0.39 is 6.10 Å². The average molecular weight is 327 g/mol. The SMILES string of the molecule is CC(C)c1nnsc1C(O)Cc1ccccc1Br. The second-order valence-electron chi connectivity index (χ2n) is 4.49. The molecule has 3 nitrogen and oxygen atoms in total. The van der Waals surface area contributed by atoms with Crippen LogP contribution in [0.3, 0.4) is 0 Å². The number of aliphatic hydroxyl groups is 1. The molecule has 0 fully saturated rings. The fourth-order valence-electron chi connectivity index (χ4n) is 1.80. The summed E-state index contributed by atoms with van der Waals surface area (Å²) in [7, 11) is 0. The Hall–Kier alpha value is -0.780. The van der Waals surface area contributed by atoms with Crippen molar-refractivity contribution in [2.24, 2.45) is 0 Å². The summed E-state index contributed by atoms with van der Waals surface area (Å²) < 4.78 is 4.97. The summed E-state index contributed by atoms with van der Waals surface area (Å²) in [5.41, 5.74) is 1.99. The number of rotatable bonds is 4. The fourth-order valence-corrected chi connectivity index (χ4v) is 3.04. The first-order valence-corrected chi connectivity index (χ1v) is 7.40. The van der Waals surface area contributed by atoms with E-state index >= 15 is 0 Å². The normalized spacial score (nSPS) is 12.9. The lowest BCUT2D eigenvalue weighted by Gasteiger charge is -2.12. The number of hydrogen-bond acceptors (Lipinski definition) is 4. The summed E-state index contributed by atoms with van der Waals surface area (Å²) in [6, 6.07) is 7.93. The number of aromatic nitrogens is 2. The van der Waals surface area contributed by atoms with E-state index in [-0.39, 0.29) is 5.92 Å². The number of nitrogens with zero attached hydrogens (tertiary/aromatic N) is 2. The first-order valence-electron chi connectivity index (χ1n) is 5.83. The molecule has 0 saturated carbocycles. The summed E-state index contributed by atoms with van der Waals surface area (Å²) in [5, 5.41) is 14.4. The Balaban J connectivity index is 2.20. The van der Waals surface area contributed by atoms with Crippen LogP contribution in [0, 0.1) is 0 Å². The fraction of sp³-hybridized carbons (Fsp3) is 0.385. The quantitative estimate of drug-likeness (QED) is 0.931. The molecule has 1 heterocycles. The maximum atomic E-state index is 10.3. The van der Waals surface area contributed by atoms with Crippen LogP contribution in [-0.2, 0) is 6.42 Å². The van der Waals surface area contributed by atoms with Gasteiger partial charge < -0.3 is 5.11 Å². The molecule has 2 aromatic rings. The first-order chi connectivity index (χ1) is 8.59. The lowest BCUT2D eigenvalue weighted by Crippen LogP contribution is -2.04. The molecule has 0 aliphatic rings. The van der Waals surface area contributed by atoms with E-state index in [1.54, 1.807) is 0 Å². The van der Waals surface area contributed by atoms with Crippen molar-refractivity contribution in [1.29, 1.82) is 0 Å². The highest BCUT2D eigenvalue weighted by molar-refractivity contribution is 9.10. The molecule has 0 saturated heterocycles. The zero-order valence-electron chi connectivity index (χ0n) is 10.3. The van der Waals surface area contributed by atoms with Crippen molar-refractivity contribution in [2.75, 3.05) is 0 Å². The van der Waals surface area contributed by atoms with Gasteiger partial charge in [0.05, 0.1) is 16.7 Å². The molecule has 1 N–H and O–H groups in total. The van der Waals surface area contributed by atoms with Crippen molar-refractivity contribution >= 4 is 27.5 Å². The van der Waals surface area contributed by atoms with Crippen LogP contribution in [0.2, 0.25) is 0 Å². The maximum absolute atomic E-state index is 10.3. The molecule has 96 valence electrons. The minimum absolute atomic E-state index is 0.285. The van der Waals surface area contributed by atoms with Crippen LogP contribution in [0.5, 0.6) is 0 Å². The first kappa shape index (κ1) is 13.6. The van der Waals surface area contributed by atoms with E-state index in [1.165, 1.54) is 11.5 Å². The summed E-state index contributed by atoms with van der Waals surface area (Å²) >= 11 is 4.78. The van der Waals surface area contributed by atoms with Gasteiger partial charge in [0.25, 0.3) is 0 Å². The van der Waals surface area contributed by atoms with Crippen molar-refractivity contribution in [3.63, 3.8) is 0 Å². The Morgan fingerprint density at radius 3 is 2.72 bits per heavy atom. The Labute approximate surface area is 119 Å². The van der Waals surface area contributed by atoms with Gasteiger partial charge in [-0.1, -0.05) is 52.5 Å². The van der Waals surface area contributed by atoms with Crippen molar-refractivity contribution in [2.45, 2.75) is 32.3 Å². The predicted octanol–water partition coefficient (Wildman–Crippen LogP) is 3.70. The van der Waals surface area contributed by atoms with Crippen molar-refractivity contribution < 1.29 is 5.11 Å². The molecule has 18 heavy (non-hydrogen) atoms. The molecule has 1 aromatic carbocycles. The molecule has 0 spiro atoms. The molecule has 5 heteroatoms. The minimum atomic E-state index is -0.541. The second-order valence-corrected chi connectivity index (χ2v) is 6.13. The predicted molar refractivity (Wildman–Crippen MR) is 76.8 cm³/mol. The van der Waals surface area contributed by atoms with Gasteiger partial charge in [-0.15, -0.1) is 5.10 Å². The van der Waals surface area contributed by atoms with Crippen LogP contribution >= 0.6 is 27.5 Å². The molecule has 1 unspecified atom stereocenters. The minimum Gasteiger partial charge on any atom is -0.387 e. The monoisotopic (exact) mass is 326 g/mol. The molecule has 0 radical (unpaired) electrons. The van der Waals surface area contributed by atoms with Crippen LogP contribution in [0.15, 0.2) is 28.7 Å². The summed E-state index contributed by atoms with van der Waals surface area (Å²) in [6.45, 7) is 4.12. The van der Waals surface area contributed by atoms with E-state index in [0.717, 1.165) is 20.6 Å². The zero-order valence-corrected chi connectivity index (χ0v) is 12.7. The van der Waals surface area contributed by atoms with Gasteiger partial charge in [0.2, 0.25) is 0 Å². The van der Waals surface area contributed by atoms with E-state index in [0.29, 0.717) is 6.42 Å². The Bertz CT molecular complexity index is 527. The van der Waals surface area contributed by atoms with Gasteiger partial charge in [0.15, 0.2) is 0 Å². The van der Waals surface area contributed by atoms with Gasteiger partial charge in [-0.3, -0.25) is 0 Å². The van der Waals surface area contributed by atoms with Crippen molar-refractivity contribution in [3.8, 4) is 0 Å². The molecule has 1 atom stereocenters.